The summed E-state index contributed by atoms with van der Waals surface area (Å²) in [6.45, 7) is 0.542. The number of carbonyl (C=O) groups excluding carboxylic acids is 1. The zero-order chi connectivity index (χ0) is 20.6. The Hall–Kier alpha value is -4.12. The highest BCUT2D eigenvalue weighted by Crippen LogP contribution is 2.22. The van der Waals surface area contributed by atoms with Gasteiger partial charge in [-0.3, -0.25) is 9.78 Å². The topological polar surface area (TPSA) is 63.2 Å². The third-order valence-electron chi connectivity index (χ3n) is 4.46. The van der Waals surface area contributed by atoms with Crippen molar-refractivity contribution in [2.45, 2.75) is 6.61 Å². The molecule has 0 saturated carbocycles. The van der Waals surface area contributed by atoms with Crippen molar-refractivity contribution in [3.8, 4) is 5.75 Å². The maximum Gasteiger partial charge on any atom is 0.257 e. The van der Waals surface area contributed by atoms with Crippen LogP contribution in [-0.4, -0.2) is 10.9 Å². The predicted octanol–water partition coefficient (Wildman–Crippen LogP) is 5.66. The molecule has 1 amide bonds. The second kappa shape index (κ2) is 9.39. The van der Waals surface area contributed by atoms with Crippen LogP contribution < -0.4 is 15.4 Å². The van der Waals surface area contributed by atoms with Crippen molar-refractivity contribution < 1.29 is 9.53 Å². The van der Waals surface area contributed by atoms with E-state index < -0.39 is 0 Å². The Morgan fingerprint density at radius 2 is 1.43 bits per heavy atom. The molecule has 0 radical (unpaired) electrons. The number of amides is 1. The quantitative estimate of drug-likeness (QED) is 0.424. The first-order chi connectivity index (χ1) is 14.8. The van der Waals surface area contributed by atoms with Crippen LogP contribution >= 0.6 is 0 Å². The Bertz CT molecular complexity index is 1080. The molecule has 2 N–H and O–H groups in total. The highest BCUT2D eigenvalue weighted by atomic mass is 16.5. The zero-order valence-electron chi connectivity index (χ0n) is 16.3. The molecule has 0 aliphatic rings. The molecular weight excluding hydrogens is 374 g/mol. The van der Waals surface area contributed by atoms with Crippen LogP contribution in [0.15, 0.2) is 103 Å². The van der Waals surface area contributed by atoms with E-state index in [2.05, 4.69) is 15.6 Å². The number of ether oxygens (including phenoxy) is 1. The molecule has 4 aromatic rings. The van der Waals surface area contributed by atoms with Gasteiger partial charge in [0.15, 0.2) is 0 Å². The van der Waals surface area contributed by atoms with E-state index in [4.69, 9.17) is 4.74 Å². The molecule has 148 valence electrons. The summed E-state index contributed by atoms with van der Waals surface area (Å²) in [5.74, 6) is 0.632. The van der Waals surface area contributed by atoms with E-state index in [1.54, 1.807) is 24.5 Å². The maximum atomic E-state index is 12.2. The van der Waals surface area contributed by atoms with E-state index in [0.29, 0.717) is 12.2 Å². The van der Waals surface area contributed by atoms with Gasteiger partial charge < -0.3 is 15.4 Å². The van der Waals surface area contributed by atoms with Crippen molar-refractivity contribution in [2.24, 2.45) is 0 Å². The van der Waals surface area contributed by atoms with Crippen molar-refractivity contribution in [1.29, 1.82) is 0 Å². The smallest absolute Gasteiger partial charge is 0.257 e. The second-order valence-electron chi connectivity index (χ2n) is 6.70. The number of anilines is 3. The molecule has 1 aromatic heterocycles. The minimum Gasteiger partial charge on any atom is -0.489 e. The van der Waals surface area contributed by atoms with Gasteiger partial charge in [0, 0.05) is 29.5 Å². The van der Waals surface area contributed by atoms with Gasteiger partial charge in [0.05, 0.1) is 5.56 Å². The second-order valence-corrected chi connectivity index (χ2v) is 6.70. The number of aromatic nitrogens is 1. The molecule has 5 nitrogen and oxygen atoms in total. The van der Waals surface area contributed by atoms with Crippen LogP contribution in [0.4, 0.5) is 17.1 Å². The normalized spacial score (nSPS) is 10.3. The van der Waals surface area contributed by atoms with Crippen LogP contribution in [-0.2, 0) is 6.61 Å². The number of rotatable bonds is 7. The van der Waals surface area contributed by atoms with Gasteiger partial charge in [-0.05, 0) is 66.2 Å². The third kappa shape index (κ3) is 5.23. The summed E-state index contributed by atoms with van der Waals surface area (Å²) < 4.78 is 5.81. The Kier molecular flexibility index (Phi) is 6.01. The summed E-state index contributed by atoms with van der Waals surface area (Å²) in [6.07, 6.45) is 3.18. The van der Waals surface area contributed by atoms with Gasteiger partial charge in [0.2, 0.25) is 0 Å². The lowest BCUT2D eigenvalue weighted by Gasteiger charge is -2.10. The molecule has 0 unspecified atom stereocenters. The van der Waals surface area contributed by atoms with Crippen molar-refractivity contribution in [1.82, 2.24) is 4.98 Å². The summed E-state index contributed by atoms with van der Waals surface area (Å²) in [5, 5.41) is 6.20. The van der Waals surface area contributed by atoms with Crippen LogP contribution in [0.2, 0.25) is 0 Å². The fourth-order valence-corrected chi connectivity index (χ4v) is 2.88. The van der Waals surface area contributed by atoms with Crippen molar-refractivity contribution >= 4 is 23.0 Å². The number of nitrogens with zero attached hydrogens (tertiary/aromatic N) is 1. The number of nitrogens with one attached hydrogen (secondary N) is 2. The number of hydrogen-bond donors (Lipinski definition) is 2. The molecular formula is C25H21N3O2. The fraction of sp³-hybridized carbons (Fsp3) is 0.0400. The summed E-state index contributed by atoms with van der Waals surface area (Å²) in [5.41, 5.74) is 4.25. The summed E-state index contributed by atoms with van der Waals surface area (Å²) in [7, 11) is 0. The molecule has 1 heterocycles. The van der Waals surface area contributed by atoms with Gasteiger partial charge in [-0.2, -0.15) is 0 Å². The van der Waals surface area contributed by atoms with Crippen LogP contribution in [0.25, 0.3) is 0 Å². The monoisotopic (exact) mass is 395 g/mol. The third-order valence-corrected chi connectivity index (χ3v) is 4.46. The van der Waals surface area contributed by atoms with E-state index in [1.807, 2.05) is 78.9 Å². The SMILES string of the molecule is O=C(Nc1ccc(Nc2ccc(OCc3ccccc3)cc2)cc1)c1cccnc1. The van der Waals surface area contributed by atoms with Crippen molar-refractivity contribution in [3.05, 3.63) is 115 Å². The number of pyridine rings is 1. The van der Waals surface area contributed by atoms with E-state index in [0.717, 1.165) is 28.4 Å². The molecule has 30 heavy (non-hydrogen) atoms. The molecule has 0 aliphatic heterocycles. The standard InChI is InChI=1S/C25H21N3O2/c29-25(20-7-4-16-26-17-20)28-23-10-8-21(9-11-23)27-22-12-14-24(15-13-22)30-18-19-5-2-1-3-6-19/h1-17,27H,18H2,(H,28,29). The Morgan fingerprint density at radius 1 is 0.767 bits per heavy atom. The summed E-state index contributed by atoms with van der Waals surface area (Å²) in [6, 6.07) is 28.9. The molecule has 0 bridgehead atoms. The first-order valence-electron chi connectivity index (χ1n) is 9.61. The van der Waals surface area contributed by atoms with Gasteiger partial charge in [0.1, 0.15) is 12.4 Å². The Morgan fingerprint density at radius 3 is 2.10 bits per heavy atom. The van der Waals surface area contributed by atoms with Crippen molar-refractivity contribution in [3.63, 3.8) is 0 Å². The van der Waals surface area contributed by atoms with Gasteiger partial charge in [-0.25, -0.2) is 0 Å². The van der Waals surface area contributed by atoms with Crippen LogP contribution in [0.5, 0.6) is 5.75 Å². The molecule has 4 rings (SSSR count). The summed E-state index contributed by atoms with van der Waals surface area (Å²) in [4.78, 5) is 16.1. The minimum absolute atomic E-state index is 0.185. The van der Waals surface area contributed by atoms with Crippen LogP contribution in [0.1, 0.15) is 15.9 Å². The number of carbonyl (C=O) groups is 1. The molecule has 0 spiro atoms. The number of hydrogen-bond acceptors (Lipinski definition) is 4. The van der Waals surface area contributed by atoms with E-state index in [1.165, 1.54) is 0 Å². The maximum absolute atomic E-state index is 12.2. The highest BCUT2D eigenvalue weighted by molar-refractivity contribution is 6.04. The first kappa shape index (κ1) is 19.2. The van der Waals surface area contributed by atoms with Crippen LogP contribution in [0, 0.1) is 0 Å². The lowest BCUT2D eigenvalue weighted by Crippen LogP contribution is -2.11. The van der Waals surface area contributed by atoms with Gasteiger partial charge >= 0.3 is 0 Å². The lowest BCUT2D eigenvalue weighted by atomic mass is 10.2. The average molecular weight is 395 g/mol. The first-order valence-corrected chi connectivity index (χ1v) is 9.61. The fourth-order valence-electron chi connectivity index (χ4n) is 2.88. The molecule has 0 aliphatic carbocycles. The molecule has 0 saturated heterocycles. The highest BCUT2D eigenvalue weighted by Gasteiger charge is 2.05. The minimum atomic E-state index is -0.185. The Balaban J connectivity index is 1.31. The van der Waals surface area contributed by atoms with Gasteiger partial charge in [-0.15, -0.1) is 0 Å². The van der Waals surface area contributed by atoms with E-state index in [-0.39, 0.29) is 5.91 Å². The molecule has 0 atom stereocenters. The predicted molar refractivity (Wildman–Crippen MR) is 119 cm³/mol. The Labute approximate surface area is 175 Å². The van der Waals surface area contributed by atoms with Gasteiger partial charge in [0.25, 0.3) is 5.91 Å². The number of benzene rings is 3. The zero-order valence-corrected chi connectivity index (χ0v) is 16.3. The largest absolute Gasteiger partial charge is 0.489 e. The molecule has 0 fully saturated rings. The van der Waals surface area contributed by atoms with Gasteiger partial charge in [-0.1, -0.05) is 30.3 Å². The lowest BCUT2D eigenvalue weighted by molar-refractivity contribution is 0.102. The van der Waals surface area contributed by atoms with E-state index in [9.17, 15) is 4.79 Å². The summed E-state index contributed by atoms with van der Waals surface area (Å²) >= 11 is 0. The van der Waals surface area contributed by atoms with Crippen LogP contribution in [0.3, 0.4) is 0 Å². The van der Waals surface area contributed by atoms with Crippen molar-refractivity contribution in [2.75, 3.05) is 10.6 Å². The average Bonchev–Trinajstić information content (AvgIpc) is 2.81. The molecule has 5 heteroatoms. The molecule has 3 aromatic carbocycles. The van der Waals surface area contributed by atoms with E-state index >= 15 is 0 Å².